The topological polar surface area (TPSA) is 139 Å². The van der Waals surface area contributed by atoms with E-state index in [1.807, 2.05) is 13.8 Å². The average Bonchev–Trinajstić information content (AvgIpc) is 2.65. The molecule has 0 aliphatic heterocycles. The highest BCUT2D eigenvalue weighted by molar-refractivity contribution is 7.91. The van der Waals surface area contributed by atoms with Gasteiger partial charge in [0.2, 0.25) is 33.7 Å². The molecule has 3 N–H and O–H groups in total. The summed E-state index contributed by atoms with van der Waals surface area (Å²) in [4.78, 5) is 16.3. The summed E-state index contributed by atoms with van der Waals surface area (Å²) in [5.41, 5.74) is 0.349. The van der Waals surface area contributed by atoms with Crippen molar-refractivity contribution in [1.82, 2.24) is 19.9 Å². The summed E-state index contributed by atoms with van der Waals surface area (Å²) < 4.78 is 44.8. The predicted octanol–water partition coefficient (Wildman–Crippen LogP) is 1.95. The lowest BCUT2D eigenvalue weighted by atomic mass is 9.99. The van der Waals surface area contributed by atoms with E-state index in [0.29, 0.717) is 17.9 Å². The minimum Gasteiger partial charge on any atom is -0.481 e. The Morgan fingerprint density at radius 2 is 1.81 bits per heavy atom. The summed E-state index contributed by atoms with van der Waals surface area (Å²) in [6.07, 6.45) is 1.85. The first-order valence-electron chi connectivity index (χ1n) is 9.81. The maximum atomic E-state index is 14.3. The van der Waals surface area contributed by atoms with E-state index in [2.05, 4.69) is 30.0 Å². The molecule has 0 spiro atoms. The summed E-state index contributed by atoms with van der Waals surface area (Å²) in [6.45, 7) is 5.66. The van der Waals surface area contributed by atoms with E-state index in [4.69, 9.17) is 4.74 Å². The lowest BCUT2D eigenvalue weighted by molar-refractivity contribution is 0.259. The minimum atomic E-state index is -3.62. The smallest absolute Gasteiger partial charge is 0.241 e. The number of ether oxygens (including phenoxy) is 1. The van der Waals surface area contributed by atoms with Crippen LogP contribution < -0.4 is 14.8 Å². The zero-order chi connectivity index (χ0) is 23.2. The van der Waals surface area contributed by atoms with Gasteiger partial charge < -0.3 is 15.2 Å². The van der Waals surface area contributed by atoms with E-state index in [-0.39, 0.29) is 48.6 Å². The van der Waals surface area contributed by atoms with Gasteiger partial charge >= 0.3 is 0 Å². The van der Waals surface area contributed by atoms with Gasteiger partial charge in [-0.3, -0.25) is 4.72 Å². The molecule has 0 aromatic carbocycles. The van der Waals surface area contributed by atoms with Crippen molar-refractivity contribution >= 4 is 21.9 Å². The molecule has 172 valence electrons. The second-order valence-electron chi connectivity index (χ2n) is 7.77. The van der Waals surface area contributed by atoms with Gasteiger partial charge in [-0.2, -0.15) is 24.3 Å². The van der Waals surface area contributed by atoms with Crippen LogP contribution in [0.5, 0.6) is 5.88 Å². The van der Waals surface area contributed by atoms with Crippen LogP contribution in [0.25, 0.3) is 0 Å². The van der Waals surface area contributed by atoms with Crippen molar-refractivity contribution in [3.05, 3.63) is 29.5 Å². The van der Waals surface area contributed by atoms with Crippen LogP contribution in [0.1, 0.15) is 44.5 Å². The average molecular weight is 457 g/mol. The first kappa shape index (κ1) is 24.7. The van der Waals surface area contributed by atoms with Gasteiger partial charge in [-0.05, 0) is 24.3 Å². The van der Waals surface area contributed by atoms with Crippen molar-refractivity contribution in [2.24, 2.45) is 5.92 Å². The highest BCUT2D eigenvalue weighted by atomic mass is 32.2. The largest absolute Gasteiger partial charge is 0.481 e. The molecular weight excluding hydrogens is 427 g/mol. The van der Waals surface area contributed by atoms with Crippen LogP contribution in [0.15, 0.2) is 12.1 Å². The highest BCUT2D eigenvalue weighted by Gasteiger charge is 2.19. The van der Waals surface area contributed by atoms with E-state index in [1.54, 1.807) is 19.1 Å². The van der Waals surface area contributed by atoms with Gasteiger partial charge in [0.25, 0.3) is 0 Å². The third-order valence-electron chi connectivity index (χ3n) is 4.35. The number of rotatable bonds is 11. The van der Waals surface area contributed by atoms with E-state index in [1.165, 1.54) is 7.11 Å². The Morgan fingerprint density at radius 3 is 2.35 bits per heavy atom. The number of hydrogen-bond acceptors (Lipinski definition) is 9. The molecular formula is C19H29FN6O4S. The number of pyridine rings is 1. The van der Waals surface area contributed by atoms with Crippen molar-refractivity contribution in [2.45, 2.75) is 45.6 Å². The fourth-order valence-corrected chi connectivity index (χ4v) is 3.43. The predicted molar refractivity (Wildman–Crippen MR) is 115 cm³/mol. The van der Waals surface area contributed by atoms with Crippen LogP contribution in [-0.4, -0.2) is 59.5 Å². The molecule has 0 radical (unpaired) electrons. The number of aliphatic hydroxyl groups excluding tert-OH is 1. The van der Waals surface area contributed by atoms with E-state index >= 15 is 0 Å². The van der Waals surface area contributed by atoms with Gasteiger partial charge in [0.15, 0.2) is 0 Å². The standard InChI is InChI=1S/C19H29FN6O4S/c1-11(2)8-13(10-27)21-18-22-15(23-19(25-18)26-31(5,28)29)9-12(3)14-6-7-16(30-4)24-17(14)20/h6-7,11-13,27H,8-10H2,1-5H3,(H2,21,22,23,25,26)/t12-,13-/m1/s1. The molecule has 0 amide bonds. The fraction of sp³-hybridized carbons (Fsp3) is 0.579. The number of nitrogens with zero attached hydrogens (tertiary/aromatic N) is 4. The maximum absolute atomic E-state index is 14.3. The molecule has 2 aromatic heterocycles. The van der Waals surface area contributed by atoms with Crippen LogP contribution in [0.4, 0.5) is 16.3 Å². The number of sulfonamides is 1. The second-order valence-corrected chi connectivity index (χ2v) is 9.51. The molecule has 0 bridgehead atoms. The summed E-state index contributed by atoms with van der Waals surface area (Å²) in [5.74, 6) is -0.319. The molecule has 2 rings (SSSR count). The molecule has 2 atom stereocenters. The van der Waals surface area contributed by atoms with E-state index in [0.717, 1.165) is 6.26 Å². The third-order valence-corrected chi connectivity index (χ3v) is 4.90. The monoisotopic (exact) mass is 456 g/mol. The van der Waals surface area contributed by atoms with Crippen LogP contribution in [0.3, 0.4) is 0 Å². The van der Waals surface area contributed by atoms with Gasteiger partial charge in [0, 0.05) is 18.1 Å². The molecule has 2 aromatic rings. The molecule has 0 aliphatic carbocycles. The number of methoxy groups -OCH3 is 1. The molecule has 2 heterocycles. The molecule has 0 fully saturated rings. The van der Waals surface area contributed by atoms with E-state index < -0.39 is 16.0 Å². The number of nitrogens with one attached hydrogen (secondary N) is 2. The fourth-order valence-electron chi connectivity index (χ4n) is 3.01. The van der Waals surface area contributed by atoms with Crippen LogP contribution in [0, 0.1) is 11.9 Å². The van der Waals surface area contributed by atoms with Gasteiger partial charge in [-0.25, -0.2) is 8.42 Å². The molecule has 31 heavy (non-hydrogen) atoms. The molecule has 0 saturated carbocycles. The van der Waals surface area contributed by atoms with Crippen molar-refractivity contribution in [2.75, 3.05) is 30.0 Å². The molecule has 12 heteroatoms. The molecule has 0 saturated heterocycles. The minimum absolute atomic E-state index is 0.122. The summed E-state index contributed by atoms with van der Waals surface area (Å²) in [6, 6.07) is 2.82. The lowest BCUT2D eigenvalue weighted by Gasteiger charge is -2.19. The van der Waals surface area contributed by atoms with Gasteiger partial charge in [0.1, 0.15) is 5.82 Å². The Labute approximate surface area is 181 Å². The van der Waals surface area contributed by atoms with Gasteiger partial charge in [-0.15, -0.1) is 0 Å². The summed E-state index contributed by atoms with van der Waals surface area (Å²) in [5, 5.41) is 12.6. The third kappa shape index (κ3) is 7.87. The van der Waals surface area contributed by atoms with Gasteiger partial charge in [0.05, 0.1) is 26.0 Å². The Balaban J connectivity index is 2.33. The SMILES string of the molecule is COc1ccc([C@H](C)Cc2nc(N[C@@H](CO)CC(C)C)nc(NS(C)(=O)=O)n2)c(F)n1. The number of hydrogen-bond donors (Lipinski definition) is 3. The number of aromatic nitrogens is 4. The van der Waals surface area contributed by atoms with Gasteiger partial charge in [-0.1, -0.05) is 20.8 Å². The van der Waals surface area contributed by atoms with Crippen LogP contribution in [0.2, 0.25) is 0 Å². The zero-order valence-electron chi connectivity index (χ0n) is 18.3. The Morgan fingerprint density at radius 1 is 1.13 bits per heavy atom. The Bertz CT molecular complexity index is 989. The molecule has 0 unspecified atom stereocenters. The van der Waals surface area contributed by atoms with Crippen molar-refractivity contribution in [3.63, 3.8) is 0 Å². The first-order chi connectivity index (χ1) is 14.5. The number of halogens is 1. The Hall–Kier alpha value is -2.60. The van der Waals surface area contributed by atoms with E-state index in [9.17, 15) is 17.9 Å². The zero-order valence-corrected chi connectivity index (χ0v) is 19.1. The summed E-state index contributed by atoms with van der Waals surface area (Å²) in [7, 11) is -2.22. The highest BCUT2D eigenvalue weighted by Crippen LogP contribution is 2.24. The first-order valence-corrected chi connectivity index (χ1v) is 11.7. The quantitative estimate of drug-likeness (QED) is 0.433. The molecule has 0 aliphatic rings. The van der Waals surface area contributed by atoms with Crippen LogP contribution in [-0.2, 0) is 16.4 Å². The van der Waals surface area contributed by atoms with Crippen molar-refractivity contribution in [1.29, 1.82) is 0 Å². The van der Waals surface area contributed by atoms with Crippen LogP contribution >= 0.6 is 0 Å². The normalized spacial score (nSPS) is 13.7. The maximum Gasteiger partial charge on any atom is 0.241 e. The molecule has 10 nitrogen and oxygen atoms in total. The number of aliphatic hydroxyl groups is 1. The second kappa shape index (κ2) is 10.6. The van der Waals surface area contributed by atoms with Crippen molar-refractivity contribution < 1.29 is 22.7 Å². The summed E-state index contributed by atoms with van der Waals surface area (Å²) >= 11 is 0. The number of anilines is 2. The van der Waals surface area contributed by atoms with Crippen molar-refractivity contribution in [3.8, 4) is 5.88 Å². The lowest BCUT2D eigenvalue weighted by Crippen LogP contribution is -2.27. The Kier molecular flexibility index (Phi) is 8.45.